The fraction of sp³-hybridized carbons (Fsp3) is 0.188. The number of aryl methyl sites for hydroxylation is 1. The van der Waals surface area contributed by atoms with Crippen molar-refractivity contribution in [3.63, 3.8) is 0 Å². The Bertz CT molecular complexity index is 620. The molecule has 3 nitrogen and oxygen atoms in total. The molecule has 98 valence electrons. The van der Waals surface area contributed by atoms with Crippen LogP contribution in [0.5, 0.6) is 0 Å². The lowest BCUT2D eigenvalue weighted by atomic mass is 10.1. The summed E-state index contributed by atoms with van der Waals surface area (Å²) in [5, 5.41) is 0. The fourth-order valence-corrected chi connectivity index (χ4v) is 2.02. The minimum Gasteiger partial charge on any atom is -0.398 e. The topological polar surface area (TPSA) is 46.3 Å². The number of hydrogen-bond donors (Lipinski definition) is 1. The summed E-state index contributed by atoms with van der Waals surface area (Å²) in [7, 11) is 1.78. The average Bonchev–Trinajstić information content (AvgIpc) is 2.40. The number of hydrogen-bond acceptors (Lipinski definition) is 2. The summed E-state index contributed by atoms with van der Waals surface area (Å²) in [6.45, 7) is 3.88. The van der Waals surface area contributed by atoms with Crippen LogP contribution in [0.4, 0.5) is 11.4 Å². The van der Waals surface area contributed by atoms with Crippen molar-refractivity contribution < 1.29 is 4.79 Å². The molecule has 19 heavy (non-hydrogen) atoms. The van der Waals surface area contributed by atoms with Crippen molar-refractivity contribution in [2.45, 2.75) is 13.8 Å². The molecule has 2 aromatic rings. The monoisotopic (exact) mass is 254 g/mol. The summed E-state index contributed by atoms with van der Waals surface area (Å²) in [5.74, 6) is -0.0459. The molecule has 1 amide bonds. The maximum Gasteiger partial charge on any atom is 0.258 e. The molecular weight excluding hydrogens is 236 g/mol. The van der Waals surface area contributed by atoms with Crippen LogP contribution < -0.4 is 10.6 Å². The highest BCUT2D eigenvalue weighted by Crippen LogP contribution is 2.21. The summed E-state index contributed by atoms with van der Waals surface area (Å²) in [6, 6.07) is 13.3. The van der Waals surface area contributed by atoms with Crippen LogP contribution in [0.2, 0.25) is 0 Å². The highest BCUT2D eigenvalue weighted by atomic mass is 16.2. The third-order valence-electron chi connectivity index (χ3n) is 3.30. The summed E-state index contributed by atoms with van der Waals surface area (Å²) in [6.07, 6.45) is 0. The second-order valence-corrected chi connectivity index (χ2v) is 4.72. The van der Waals surface area contributed by atoms with E-state index in [9.17, 15) is 4.79 Å². The van der Waals surface area contributed by atoms with E-state index in [1.54, 1.807) is 30.1 Å². The van der Waals surface area contributed by atoms with E-state index in [0.717, 1.165) is 16.8 Å². The van der Waals surface area contributed by atoms with Crippen LogP contribution in [0.25, 0.3) is 0 Å². The Morgan fingerprint density at radius 3 is 2.47 bits per heavy atom. The first-order chi connectivity index (χ1) is 9.00. The Kier molecular flexibility index (Phi) is 3.56. The molecule has 0 aromatic heterocycles. The standard InChI is InChI=1S/C16H18N2O/c1-11-6-4-7-13(10-11)18(3)16(19)14-8-5-9-15(17)12(14)2/h4-10H,17H2,1-3H3. The van der Waals surface area contributed by atoms with Gasteiger partial charge < -0.3 is 10.6 Å². The molecule has 0 saturated heterocycles. The number of amides is 1. The number of carbonyl (C=O) groups is 1. The van der Waals surface area contributed by atoms with Crippen molar-refractivity contribution in [1.82, 2.24) is 0 Å². The Hall–Kier alpha value is -2.29. The van der Waals surface area contributed by atoms with Crippen LogP contribution in [0, 0.1) is 13.8 Å². The lowest BCUT2D eigenvalue weighted by Crippen LogP contribution is -2.27. The Labute approximate surface area is 113 Å². The molecule has 0 aliphatic carbocycles. The number of nitrogens with zero attached hydrogens (tertiary/aromatic N) is 1. The van der Waals surface area contributed by atoms with E-state index in [4.69, 9.17) is 5.73 Å². The number of rotatable bonds is 2. The van der Waals surface area contributed by atoms with Crippen LogP contribution in [0.3, 0.4) is 0 Å². The van der Waals surface area contributed by atoms with Crippen molar-refractivity contribution in [3.05, 3.63) is 59.2 Å². The Morgan fingerprint density at radius 1 is 1.11 bits per heavy atom. The van der Waals surface area contributed by atoms with Crippen LogP contribution in [-0.2, 0) is 0 Å². The predicted molar refractivity (Wildman–Crippen MR) is 79.5 cm³/mol. The predicted octanol–water partition coefficient (Wildman–Crippen LogP) is 3.16. The third-order valence-corrected chi connectivity index (χ3v) is 3.30. The SMILES string of the molecule is Cc1cccc(N(C)C(=O)c2cccc(N)c2C)c1. The lowest BCUT2D eigenvalue weighted by Gasteiger charge is -2.19. The van der Waals surface area contributed by atoms with E-state index in [2.05, 4.69) is 0 Å². The van der Waals surface area contributed by atoms with Gasteiger partial charge in [0.1, 0.15) is 0 Å². The second kappa shape index (κ2) is 5.14. The summed E-state index contributed by atoms with van der Waals surface area (Å²) < 4.78 is 0. The first kappa shape index (κ1) is 13.1. The van der Waals surface area contributed by atoms with Gasteiger partial charge in [0, 0.05) is 24.0 Å². The van der Waals surface area contributed by atoms with E-state index < -0.39 is 0 Å². The van der Waals surface area contributed by atoms with E-state index in [0.29, 0.717) is 11.3 Å². The summed E-state index contributed by atoms with van der Waals surface area (Å²) >= 11 is 0. The Balaban J connectivity index is 2.36. The van der Waals surface area contributed by atoms with Gasteiger partial charge in [-0.25, -0.2) is 0 Å². The highest BCUT2D eigenvalue weighted by Gasteiger charge is 2.16. The summed E-state index contributed by atoms with van der Waals surface area (Å²) in [4.78, 5) is 14.1. The van der Waals surface area contributed by atoms with Gasteiger partial charge >= 0.3 is 0 Å². The van der Waals surface area contributed by atoms with Crippen molar-refractivity contribution >= 4 is 17.3 Å². The molecule has 2 N–H and O–H groups in total. The molecule has 2 rings (SSSR count). The van der Waals surface area contributed by atoms with Gasteiger partial charge in [0.15, 0.2) is 0 Å². The zero-order valence-corrected chi connectivity index (χ0v) is 11.5. The highest BCUT2D eigenvalue weighted by molar-refractivity contribution is 6.07. The van der Waals surface area contributed by atoms with E-state index in [1.807, 2.05) is 38.1 Å². The van der Waals surface area contributed by atoms with Crippen molar-refractivity contribution in [2.75, 3.05) is 17.7 Å². The zero-order valence-electron chi connectivity index (χ0n) is 11.5. The maximum atomic E-state index is 12.5. The second-order valence-electron chi connectivity index (χ2n) is 4.72. The molecule has 0 bridgehead atoms. The molecule has 0 fully saturated rings. The summed E-state index contributed by atoms with van der Waals surface area (Å²) in [5.41, 5.74) is 9.97. The molecule has 0 saturated carbocycles. The molecule has 0 atom stereocenters. The third kappa shape index (κ3) is 2.60. The maximum absolute atomic E-state index is 12.5. The first-order valence-corrected chi connectivity index (χ1v) is 6.20. The van der Waals surface area contributed by atoms with E-state index in [1.165, 1.54) is 0 Å². The molecule has 0 unspecified atom stereocenters. The van der Waals surface area contributed by atoms with Gasteiger partial charge in [0.05, 0.1) is 0 Å². The number of nitrogens with two attached hydrogens (primary N) is 1. The molecule has 0 radical (unpaired) electrons. The van der Waals surface area contributed by atoms with Gasteiger partial charge in [0.25, 0.3) is 5.91 Å². The van der Waals surface area contributed by atoms with Crippen molar-refractivity contribution in [1.29, 1.82) is 0 Å². The normalized spacial score (nSPS) is 10.3. The minimum absolute atomic E-state index is 0.0459. The number of carbonyl (C=O) groups excluding carboxylic acids is 1. The molecule has 0 aliphatic rings. The van der Waals surface area contributed by atoms with Crippen molar-refractivity contribution in [2.24, 2.45) is 0 Å². The number of anilines is 2. The van der Waals surface area contributed by atoms with Gasteiger partial charge in [-0.05, 0) is 49.2 Å². The van der Waals surface area contributed by atoms with Gasteiger partial charge in [-0.1, -0.05) is 18.2 Å². The lowest BCUT2D eigenvalue weighted by molar-refractivity contribution is 0.0992. The van der Waals surface area contributed by atoms with Gasteiger partial charge in [0.2, 0.25) is 0 Å². The van der Waals surface area contributed by atoms with Crippen LogP contribution in [-0.4, -0.2) is 13.0 Å². The van der Waals surface area contributed by atoms with Crippen LogP contribution in [0.15, 0.2) is 42.5 Å². The molecule has 0 spiro atoms. The smallest absolute Gasteiger partial charge is 0.258 e. The van der Waals surface area contributed by atoms with Crippen LogP contribution in [0.1, 0.15) is 21.5 Å². The molecule has 0 heterocycles. The van der Waals surface area contributed by atoms with Crippen LogP contribution >= 0.6 is 0 Å². The minimum atomic E-state index is -0.0459. The molecular formula is C16H18N2O. The quantitative estimate of drug-likeness (QED) is 0.837. The molecule has 2 aromatic carbocycles. The first-order valence-electron chi connectivity index (χ1n) is 6.20. The Morgan fingerprint density at radius 2 is 1.79 bits per heavy atom. The largest absolute Gasteiger partial charge is 0.398 e. The molecule has 3 heteroatoms. The van der Waals surface area contributed by atoms with E-state index >= 15 is 0 Å². The molecule has 0 aliphatic heterocycles. The van der Waals surface area contributed by atoms with Gasteiger partial charge in [-0.3, -0.25) is 4.79 Å². The zero-order chi connectivity index (χ0) is 14.0. The van der Waals surface area contributed by atoms with Gasteiger partial charge in [-0.15, -0.1) is 0 Å². The van der Waals surface area contributed by atoms with Crippen molar-refractivity contribution in [3.8, 4) is 0 Å². The van der Waals surface area contributed by atoms with E-state index in [-0.39, 0.29) is 5.91 Å². The fourth-order valence-electron chi connectivity index (χ4n) is 2.02. The average molecular weight is 254 g/mol. The van der Waals surface area contributed by atoms with Gasteiger partial charge in [-0.2, -0.15) is 0 Å². The number of nitrogen functional groups attached to an aromatic ring is 1. The number of benzene rings is 2.